The molecule has 0 bridgehead atoms. The van der Waals surface area contributed by atoms with E-state index in [2.05, 4.69) is 0 Å². The minimum absolute atomic E-state index is 0.00282. The molecule has 0 fully saturated rings. The number of benzene rings is 2. The van der Waals surface area contributed by atoms with Crippen molar-refractivity contribution in [2.45, 2.75) is 33.1 Å². The summed E-state index contributed by atoms with van der Waals surface area (Å²) in [7, 11) is 0. The number of carbonyl (C=O) groups is 3. The van der Waals surface area contributed by atoms with E-state index in [1.54, 1.807) is 49.4 Å². The van der Waals surface area contributed by atoms with Crippen LogP contribution in [-0.2, 0) is 14.3 Å². The van der Waals surface area contributed by atoms with E-state index in [0.717, 1.165) is 0 Å². The molecule has 148 valence electrons. The molecule has 0 saturated heterocycles. The molecule has 0 heterocycles. The predicted octanol–water partition coefficient (Wildman–Crippen LogP) is 4.21. The second-order valence-electron chi connectivity index (χ2n) is 6.41. The molecule has 5 nitrogen and oxygen atoms in total. The fraction of sp³-hybridized carbons (Fsp3) is 0.348. The average Bonchev–Trinajstić information content (AvgIpc) is 2.69. The number of hydrogen-bond donors (Lipinski definition) is 0. The Bertz CT molecular complexity index is 813. The molecule has 5 heteroatoms. The van der Waals surface area contributed by atoms with Crippen molar-refractivity contribution < 1.29 is 23.9 Å². The highest BCUT2D eigenvalue weighted by molar-refractivity contribution is 6.01. The summed E-state index contributed by atoms with van der Waals surface area (Å²) >= 11 is 0. The van der Waals surface area contributed by atoms with Gasteiger partial charge in [-0.25, -0.2) is 0 Å². The quantitative estimate of drug-likeness (QED) is 0.350. The summed E-state index contributed by atoms with van der Waals surface area (Å²) in [5.41, 5.74) is 1.19. The van der Waals surface area contributed by atoms with Crippen LogP contribution >= 0.6 is 0 Å². The summed E-state index contributed by atoms with van der Waals surface area (Å²) in [6.07, 6.45) is -0.00282. The van der Waals surface area contributed by atoms with Crippen LogP contribution in [0.15, 0.2) is 54.6 Å². The maximum atomic E-state index is 12.9. The summed E-state index contributed by atoms with van der Waals surface area (Å²) in [5, 5.41) is 0. The van der Waals surface area contributed by atoms with E-state index in [1.807, 2.05) is 19.1 Å². The molecule has 0 aliphatic carbocycles. The molecule has 2 rings (SSSR count). The van der Waals surface area contributed by atoms with Crippen molar-refractivity contribution in [1.82, 2.24) is 0 Å². The zero-order valence-corrected chi connectivity index (χ0v) is 16.5. The highest BCUT2D eigenvalue weighted by Gasteiger charge is 2.37. The minimum atomic E-state index is -1.07. The smallest absolute Gasteiger partial charge is 0.317 e. The monoisotopic (exact) mass is 382 g/mol. The first-order valence-corrected chi connectivity index (χ1v) is 9.46. The lowest BCUT2D eigenvalue weighted by Crippen LogP contribution is -2.32. The number of ether oxygens (including phenoxy) is 2. The van der Waals surface area contributed by atoms with Crippen LogP contribution < -0.4 is 4.74 Å². The van der Waals surface area contributed by atoms with Gasteiger partial charge >= 0.3 is 5.97 Å². The molecule has 2 aromatic rings. The van der Waals surface area contributed by atoms with Crippen molar-refractivity contribution in [2.24, 2.45) is 5.92 Å². The third kappa shape index (κ3) is 5.28. The van der Waals surface area contributed by atoms with Gasteiger partial charge in [0.1, 0.15) is 17.5 Å². The van der Waals surface area contributed by atoms with Crippen LogP contribution in [0.5, 0.6) is 5.75 Å². The van der Waals surface area contributed by atoms with Gasteiger partial charge in [0.2, 0.25) is 0 Å². The minimum Gasteiger partial charge on any atom is -0.494 e. The van der Waals surface area contributed by atoms with Crippen molar-refractivity contribution in [3.63, 3.8) is 0 Å². The maximum absolute atomic E-state index is 12.9. The van der Waals surface area contributed by atoms with Crippen molar-refractivity contribution in [3.05, 3.63) is 65.7 Å². The number of ketones is 2. The zero-order chi connectivity index (χ0) is 20.5. The summed E-state index contributed by atoms with van der Waals surface area (Å²) in [4.78, 5) is 37.9. The normalized spacial score (nSPS) is 12.7. The van der Waals surface area contributed by atoms with E-state index >= 15 is 0 Å². The zero-order valence-electron chi connectivity index (χ0n) is 16.5. The highest BCUT2D eigenvalue weighted by Crippen LogP contribution is 2.37. The molecule has 28 heavy (non-hydrogen) atoms. The van der Waals surface area contributed by atoms with Crippen LogP contribution in [0.4, 0.5) is 0 Å². The summed E-state index contributed by atoms with van der Waals surface area (Å²) in [6.45, 7) is 5.49. The van der Waals surface area contributed by atoms with Crippen LogP contribution in [-0.4, -0.2) is 30.7 Å². The predicted molar refractivity (Wildman–Crippen MR) is 107 cm³/mol. The van der Waals surface area contributed by atoms with E-state index in [0.29, 0.717) is 23.5 Å². The first-order chi connectivity index (χ1) is 13.5. The van der Waals surface area contributed by atoms with Crippen molar-refractivity contribution in [2.75, 3.05) is 13.2 Å². The molecular weight excluding hydrogens is 356 g/mol. The molecule has 0 aliphatic rings. The SMILES string of the molecule is CCOC(=O)C(C(C)=O)C(CC(=O)c1ccccc1)c1ccccc1OCC. The average molecular weight is 382 g/mol. The Hall–Kier alpha value is -2.95. The Morgan fingerprint density at radius 3 is 2.14 bits per heavy atom. The Morgan fingerprint density at radius 1 is 0.893 bits per heavy atom. The number of Topliss-reactive ketones (excluding diaryl/α,β-unsaturated/α-hetero) is 2. The second kappa shape index (κ2) is 10.4. The molecule has 0 aromatic heterocycles. The van der Waals surface area contributed by atoms with Crippen LogP contribution in [0, 0.1) is 5.92 Å². The summed E-state index contributed by atoms with van der Waals surface area (Å²) < 4.78 is 10.8. The van der Waals surface area contributed by atoms with E-state index in [1.165, 1.54) is 6.92 Å². The largest absolute Gasteiger partial charge is 0.494 e. The Labute approximate surface area is 165 Å². The second-order valence-corrected chi connectivity index (χ2v) is 6.41. The lowest BCUT2D eigenvalue weighted by molar-refractivity contribution is -0.152. The lowest BCUT2D eigenvalue weighted by Gasteiger charge is -2.25. The van der Waals surface area contributed by atoms with E-state index in [4.69, 9.17) is 9.47 Å². The van der Waals surface area contributed by atoms with Gasteiger partial charge in [0, 0.05) is 17.9 Å². The third-order valence-corrected chi connectivity index (χ3v) is 4.50. The number of para-hydroxylation sites is 1. The lowest BCUT2D eigenvalue weighted by atomic mass is 9.79. The van der Waals surface area contributed by atoms with E-state index in [9.17, 15) is 14.4 Å². The number of hydrogen-bond acceptors (Lipinski definition) is 5. The van der Waals surface area contributed by atoms with Crippen molar-refractivity contribution in [3.8, 4) is 5.75 Å². The molecule has 0 aliphatic heterocycles. The summed E-state index contributed by atoms with van der Waals surface area (Å²) in [5.74, 6) is -2.29. The molecule has 2 atom stereocenters. The van der Waals surface area contributed by atoms with Gasteiger partial charge in [0.25, 0.3) is 0 Å². The molecule has 0 amide bonds. The molecule has 2 unspecified atom stereocenters. The van der Waals surface area contributed by atoms with Gasteiger partial charge in [0.15, 0.2) is 5.78 Å². The fourth-order valence-corrected chi connectivity index (χ4v) is 3.27. The Kier molecular flexibility index (Phi) is 7.93. The molecule has 0 N–H and O–H groups in total. The standard InChI is InChI=1S/C23H26O5/c1-4-27-21-14-10-9-13-18(21)19(22(16(3)24)23(26)28-5-2)15-20(25)17-11-7-6-8-12-17/h6-14,19,22H,4-5,15H2,1-3H3. The van der Waals surface area contributed by atoms with E-state index < -0.39 is 17.8 Å². The Balaban J connectivity index is 2.49. The first kappa shape index (κ1) is 21.4. The van der Waals surface area contributed by atoms with Gasteiger partial charge in [-0.3, -0.25) is 14.4 Å². The summed E-state index contributed by atoms with van der Waals surface area (Å²) in [6, 6.07) is 16.0. The van der Waals surface area contributed by atoms with Crippen LogP contribution in [0.2, 0.25) is 0 Å². The fourth-order valence-electron chi connectivity index (χ4n) is 3.27. The van der Waals surface area contributed by atoms with Crippen molar-refractivity contribution >= 4 is 17.5 Å². The van der Waals surface area contributed by atoms with E-state index in [-0.39, 0.29) is 24.6 Å². The molecule has 0 radical (unpaired) electrons. The van der Waals surface area contributed by atoms with Crippen LogP contribution in [0.1, 0.15) is 49.0 Å². The highest BCUT2D eigenvalue weighted by atomic mass is 16.5. The van der Waals surface area contributed by atoms with Gasteiger partial charge < -0.3 is 9.47 Å². The van der Waals surface area contributed by atoms with Crippen LogP contribution in [0.25, 0.3) is 0 Å². The first-order valence-electron chi connectivity index (χ1n) is 9.46. The molecular formula is C23H26O5. The topological polar surface area (TPSA) is 69.7 Å². The van der Waals surface area contributed by atoms with Gasteiger partial charge in [0.05, 0.1) is 13.2 Å². The molecule has 0 spiro atoms. The van der Waals surface area contributed by atoms with Crippen LogP contribution in [0.3, 0.4) is 0 Å². The van der Waals surface area contributed by atoms with Crippen molar-refractivity contribution in [1.29, 1.82) is 0 Å². The van der Waals surface area contributed by atoms with Gasteiger partial charge in [-0.05, 0) is 32.4 Å². The molecule has 0 saturated carbocycles. The number of esters is 1. The Morgan fingerprint density at radius 2 is 1.54 bits per heavy atom. The van der Waals surface area contributed by atoms with Gasteiger partial charge in [-0.2, -0.15) is 0 Å². The van der Waals surface area contributed by atoms with Gasteiger partial charge in [-0.1, -0.05) is 48.5 Å². The third-order valence-electron chi connectivity index (χ3n) is 4.50. The number of rotatable bonds is 10. The maximum Gasteiger partial charge on any atom is 0.317 e. The van der Waals surface area contributed by atoms with Gasteiger partial charge in [-0.15, -0.1) is 0 Å². The number of carbonyl (C=O) groups excluding carboxylic acids is 3. The molecule has 2 aromatic carbocycles.